The van der Waals surface area contributed by atoms with E-state index < -0.39 is 6.04 Å². The molecule has 0 aromatic heterocycles. The van der Waals surface area contributed by atoms with Gasteiger partial charge in [-0.2, -0.15) is 0 Å². The van der Waals surface area contributed by atoms with Crippen molar-refractivity contribution >= 4 is 5.91 Å². The number of amides is 1. The number of benzene rings is 3. The second-order valence-electron chi connectivity index (χ2n) is 6.84. The minimum absolute atomic E-state index is 0.146. The summed E-state index contributed by atoms with van der Waals surface area (Å²) in [5.41, 5.74) is 2.75. The number of nitrogens with one attached hydrogen (secondary N) is 1. The van der Waals surface area contributed by atoms with E-state index in [1.54, 1.807) is 36.4 Å². The fourth-order valence-electron chi connectivity index (χ4n) is 3.14. The zero-order valence-electron chi connectivity index (χ0n) is 17.2. The third-order valence-corrected chi connectivity index (χ3v) is 4.71. The number of halogens is 1. The maximum absolute atomic E-state index is 13.8. The van der Waals surface area contributed by atoms with Gasteiger partial charge < -0.3 is 14.8 Å². The lowest BCUT2D eigenvalue weighted by molar-refractivity contribution is -0.123. The summed E-state index contributed by atoms with van der Waals surface area (Å²) in [5, 5.41) is 2.96. The van der Waals surface area contributed by atoms with Crippen LogP contribution in [0.3, 0.4) is 0 Å². The standard InChI is InChI=1S/C25H26FNO3/c1-3-18-8-10-19(11-9-18)25(20-6-5-7-21(26)16-20)27-24(28)17-30-23-14-12-22(13-15-23)29-4-2/h5-16,25H,3-4,17H2,1-2H3,(H,27,28). The van der Waals surface area contributed by atoms with Gasteiger partial charge in [0.25, 0.3) is 5.91 Å². The van der Waals surface area contributed by atoms with E-state index >= 15 is 0 Å². The lowest BCUT2D eigenvalue weighted by Crippen LogP contribution is -2.33. The fraction of sp³-hybridized carbons (Fsp3) is 0.240. The molecule has 0 aliphatic rings. The van der Waals surface area contributed by atoms with Crippen LogP contribution in [-0.4, -0.2) is 19.1 Å². The predicted molar refractivity (Wildman–Crippen MR) is 115 cm³/mol. The van der Waals surface area contributed by atoms with Crippen molar-refractivity contribution in [2.45, 2.75) is 26.3 Å². The van der Waals surface area contributed by atoms with Gasteiger partial charge in [0.15, 0.2) is 6.61 Å². The first-order chi connectivity index (χ1) is 14.6. The number of hydrogen-bond donors (Lipinski definition) is 1. The Morgan fingerprint density at radius 1 is 0.900 bits per heavy atom. The number of aryl methyl sites for hydroxylation is 1. The summed E-state index contributed by atoms with van der Waals surface area (Å²) in [6, 6.07) is 20.8. The van der Waals surface area contributed by atoms with E-state index in [1.165, 1.54) is 17.7 Å². The van der Waals surface area contributed by atoms with E-state index in [-0.39, 0.29) is 18.3 Å². The van der Waals surface area contributed by atoms with Gasteiger partial charge in [-0.15, -0.1) is 0 Å². The van der Waals surface area contributed by atoms with E-state index in [1.807, 2.05) is 31.2 Å². The average molecular weight is 407 g/mol. The third kappa shape index (κ3) is 5.83. The zero-order valence-corrected chi connectivity index (χ0v) is 17.2. The highest BCUT2D eigenvalue weighted by atomic mass is 19.1. The maximum atomic E-state index is 13.8. The maximum Gasteiger partial charge on any atom is 0.258 e. The van der Waals surface area contributed by atoms with Crippen molar-refractivity contribution < 1.29 is 18.7 Å². The van der Waals surface area contributed by atoms with Crippen LogP contribution >= 0.6 is 0 Å². The Bertz CT molecular complexity index is 955. The van der Waals surface area contributed by atoms with Crippen LogP contribution in [0.5, 0.6) is 11.5 Å². The van der Waals surface area contributed by atoms with E-state index in [0.29, 0.717) is 17.9 Å². The first kappa shape index (κ1) is 21.4. The van der Waals surface area contributed by atoms with Gasteiger partial charge in [-0.3, -0.25) is 4.79 Å². The second kappa shape index (κ2) is 10.4. The molecule has 1 N–H and O–H groups in total. The summed E-state index contributed by atoms with van der Waals surface area (Å²) in [5.74, 6) is 0.680. The zero-order chi connectivity index (χ0) is 21.3. The Morgan fingerprint density at radius 2 is 1.57 bits per heavy atom. The quantitative estimate of drug-likeness (QED) is 0.539. The lowest BCUT2D eigenvalue weighted by atomic mass is 9.97. The van der Waals surface area contributed by atoms with Gasteiger partial charge in [0.2, 0.25) is 0 Å². The molecule has 0 radical (unpaired) electrons. The fourth-order valence-corrected chi connectivity index (χ4v) is 3.14. The van der Waals surface area contributed by atoms with E-state index in [9.17, 15) is 9.18 Å². The molecule has 5 heteroatoms. The normalized spacial score (nSPS) is 11.6. The number of carbonyl (C=O) groups excluding carboxylic acids is 1. The van der Waals surface area contributed by atoms with Crippen LogP contribution in [0.1, 0.15) is 36.6 Å². The summed E-state index contributed by atoms with van der Waals surface area (Å²) in [4.78, 5) is 12.6. The van der Waals surface area contributed by atoms with Crippen LogP contribution < -0.4 is 14.8 Å². The minimum Gasteiger partial charge on any atom is -0.494 e. The van der Waals surface area contributed by atoms with E-state index in [0.717, 1.165) is 17.7 Å². The molecule has 30 heavy (non-hydrogen) atoms. The van der Waals surface area contributed by atoms with Crippen LogP contribution in [0.4, 0.5) is 4.39 Å². The molecule has 0 aliphatic heterocycles. The summed E-state index contributed by atoms with van der Waals surface area (Å²) in [7, 11) is 0. The number of rotatable bonds is 9. The van der Waals surface area contributed by atoms with Crippen LogP contribution in [0.25, 0.3) is 0 Å². The molecule has 0 saturated carbocycles. The highest BCUT2D eigenvalue weighted by Gasteiger charge is 2.18. The number of hydrogen-bond acceptors (Lipinski definition) is 3. The molecule has 0 bridgehead atoms. The lowest BCUT2D eigenvalue weighted by Gasteiger charge is -2.20. The molecule has 1 unspecified atom stereocenters. The van der Waals surface area contributed by atoms with Crippen LogP contribution in [0.2, 0.25) is 0 Å². The molecule has 3 aromatic rings. The van der Waals surface area contributed by atoms with Crippen molar-refractivity contribution in [3.8, 4) is 11.5 Å². The summed E-state index contributed by atoms with van der Waals surface area (Å²) in [6.07, 6.45) is 0.924. The SMILES string of the molecule is CCOc1ccc(OCC(=O)NC(c2ccc(CC)cc2)c2cccc(F)c2)cc1. The topological polar surface area (TPSA) is 47.6 Å². The van der Waals surface area contributed by atoms with Crippen molar-refractivity contribution in [1.29, 1.82) is 0 Å². The van der Waals surface area contributed by atoms with Gasteiger partial charge in [-0.25, -0.2) is 4.39 Å². The van der Waals surface area contributed by atoms with Crippen LogP contribution in [0, 0.1) is 5.82 Å². The number of ether oxygens (including phenoxy) is 2. The largest absolute Gasteiger partial charge is 0.494 e. The Kier molecular flexibility index (Phi) is 7.44. The Morgan fingerprint density at radius 3 is 2.17 bits per heavy atom. The summed E-state index contributed by atoms with van der Waals surface area (Å²) >= 11 is 0. The number of carbonyl (C=O) groups is 1. The molecular weight excluding hydrogens is 381 g/mol. The highest BCUT2D eigenvalue weighted by Crippen LogP contribution is 2.24. The smallest absolute Gasteiger partial charge is 0.258 e. The average Bonchev–Trinajstić information content (AvgIpc) is 2.77. The molecular formula is C25H26FNO3. The molecule has 0 spiro atoms. The van der Waals surface area contributed by atoms with Crippen molar-refractivity contribution in [1.82, 2.24) is 5.32 Å². The minimum atomic E-state index is -0.469. The molecule has 156 valence electrons. The van der Waals surface area contributed by atoms with Crippen molar-refractivity contribution in [3.63, 3.8) is 0 Å². The van der Waals surface area contributed by atoms with Gasteiger partial charge in [-0.1, -0.05) is 43.3 Å². The molecule has 3 aromatic carbocycles. The van der Waals surface area contributed by atoms with Crippen molar-refractivity contribution in [2.75, 3.05) is 13.2 Å². The van der Waals surface area contributed by atoms with Gasteiger partial charge >= 0.3 is 0 Å². The summed E-state index contributed by atoms with van der Waals surface area (Å²) < 4.78 is 24.8. The van der Waals surface area contributed by atoms with Gasteiger partial charge in [-0.05, 0) is 66.4 Å². The van der Waals surface area contributed by atoms with E-state index in [4.69, 9.17) is 9.47 Å². The molecule has 4 nitrogen and oxygen atoms in total. The Hall–Kier alpha value is -3.34. The second-order valence-corrected chi connectivity index (χ2v) is 6.84. The van der Waals surface area contributed by atoms with Gasteiger partial charge in [0.05, 0.1) is 12.6 Å². The monoisotopic (exact) mass is 407 g/mol. The first-order valence-corrected chi connectivity index (χ1v) is 10.1. The predicted octanol–water partition coefficient (Wildman–Crippen LogP) is 5.07. The molecule has 0 saturated heterocycles. The molecule has 0 heterocycles. The van der Waals surface area contributed by atoms with Crippen molar-refractivity contribution in [3.05, 3.63) is 95.3 Å². The van der Waals surface area contributed by atoms with E-state index in [2.05, 4.69) is 12.2 Å². The molecule has 1 atom stereocenters. The van der Waals surface area contributed by atoms with Gasteiger partial charge in [0.1, 0.15) is 17.3 Å². The highest BCUT2D eigenvalue weighted by molar-refractivity contribution is 5.78. The Balaban J connectivity index is 1.71. The Labute approximate surface area is 176 Å². The molecule has 1 amide bonds. The van der Waals surface area contributed by atoms with Crippen molar-refractivity contribution in [2.24, 2.45) is 0 Å². The van der Waals surface area contributed by atoms with Crippen LogP contribution in [0.15, 0.2) is 72.8 Å². The van der Waals surface area contributed by atoms with Crippen LogP contribution in [-0.2, 0) is 11.2 Å². The molecule has 3 rings (SSSR count). The molecule has 0 fully saturated rings. The summed E-state index contributed by atoms with van der Waals surface area (Å²) in [6.45, 7) is 4.44. The first-order valence-electron chi connectivity index (χ1n) is 10.1. The third-order valence-electron chi connectivity index (χ3n) is 4.71. The van der Waals surface area contributed by atoms with Gasteiger partial charge in [0, 0.05) is 0 Å². The molecule has 0 aliphatic carbocycles.